The fourth-order valence-corrected chi connectivity index (χ4v) is 3.33. The molecule has 2 aliphatic heterocycles. The van der Waals surface area contributed by atoms with Crippen molar-refractivity contribution in [2.24, 2.45) is 0 Å². The van der Waals surface area contributed by atoms with Gasteiger partial charge in [-0.15, -0.1) is 0 Å². The predicted molar refractivity (Wildman–Crippen MR) is 87.9 cm³/mol. The number of benzene rings is 1. The van der Waals surface area contributed by atoms with Crippen molar-refractivity contribution < 1.29 is 14.4 Å². The molecule has 0 aromatic heterocycles. The molecule has 1 unspecified atom stereocenters. The summed E-state index contributed by atoms with van der Waals surface area (Å²) in [6.45, 7) is 3.11. The fourth-order valence-electron chi connectivity index (χ4n) is 3.33. The average molecular weight is 320 g/mol. The van der Waals surface area contributed by atoms with Gasteiger partial charge in [-0.05, 0) is 38.2 Å². The van der Waals surface area contributed by atoms with Crippen LogP contribution in [0.15, 0.2) is 24.3 Å². The fraction of sp³-hybridized carbons (Fsp3) is 0.647. The molecule has 0 aliphatic carbocycles. The maximum atomic E-state index is 11.1. The van der Waals surface area contributed by atoms with Crippen molar-refractivity contribution in [2.45, 2.75) is 44.3 Å². The number of hydrogen-bond acceptors (Lipinski definition) is 5. The van der Waals surface area contributed by atoms with E-state index < -0.39 is 0 Å². The van der Waals surface area contributed by atoms with Gasteiger partial charge in [0.15, 0.2) is 0 Å². The summed E-state index contributed by atoms with van der Waals surface area (Å²) in [5, 5.41) is 11.1. The Morgan fingerprint density at radius 1 is 1.22 bits per heavy atom. The Labute approximate surface area is 136 Å². The summed E-state index contributed by atoms with van der Waals surface area (Å²) in [7, 11) is 0. The van der Waals surface area contributed by atoms with Crippen molar-refractivity contribution in [3.05, 3.63) is 34.4 Å². The van der Waals surface area contributed by atoms with Crippen molar-refractivity contribution in [1.82, 2.24) is 0 Å². The van der Waals surface area contributed by atoms with E-state index in [4.69, 9.17) is 9.47 Å². The predicted octanol–water partition coefficient (Wildman–Crippen LogP) is 3.15. The molecule has 126 valence electrons. The molecule has 1 aromatic carbocycles. The third-order valence-corrected chi connectivity index (χ3v) is 4.65. The number of piperidine rings is 1. The van der Waals surface area contributed by atoms with Gasteiger partial charge in [-0.3, -0.25) is 10.1 Å². The Hall–Kier alpha value is -1.66. The first-order valence-corrected chi connectivity index (χ1v) is 8.45. The Balaban J connectivity index is 1.49. The van der Waals surface area contributed by atoms with Crippen LogP contribution in [0.2, 0.25) is 0 Å². The maximum absolute atomic E-state index is 11.1. The molecule has 0 N–H and O–H groups in total. The highest BCUT2D eigenvalue weighted by atomic mass is 16.6. The standard InChI is InChI=1S/C17H24N2O4/c20-19(21)17-7-2-1-6-16(17)18-10-8-14(9-11-18)23-13-15-5-3-4-12-22-15/h1-2,6-7,14-15H,3-5,8-13H2. The minimum Gasteiger partial charge on any atom is -0.376 e. The number of para-hydroxylation sites is 2. The molecule has 23 heavy (non-hydrogen) atoms. The third kappa shape index (κ3) is 4.20. The second-order valence-electron chi connectivity index (χ2n) is 6.25. The van der Waals surface area contributed by atoms with Crippen molar-refractivity contribution in [3.8, 4) is 0 Å². The lowest BCUT2D eigenvalue weighted by molar-refractivity contribution is -0.384. The summed E-state index contributed by atoms with van der Waals surface area (Å²) >= 11 is 0. The van der Waals surface area contributed by atoms with Crippen LogP contribution in [-0.2, 0) is 9.47 Å². The number of anilines is 1. The highest BCUT2D eigenvalue weighted by Crippen LogP contribution is 2.30. The second kappa shape index (κ2) is 7.75. The summed E-state index contributed by atoms with van der Waals surface area (Å²) < 4.78 is 11.7. The van der Waals surface area contributed by atoms with E-state index in [9.17, 15) is 10.1 Å². The number of hydrogen-bond donors (Lipinski definition) is 0. The SMILES string of the molecule is O=[N+]([O-])c1ccccc1N1CCC(OCC2CCCCO2)CC1. The minimum atomic E-state index is -0.307. The van der Waals surface area contributed by atoms with Crippen molar-refractivity contribution in [1.29, 1.82) is 0 Å². The van der Waals surface area contributed by atoms with Crippen LogP contribution in [0.3, 0.4) is 0 Å². The van der Waals surface area contributed by atoms with Gasteiger partial charge in [0, 0.05) is 25.8 Å². The monoisotopic (exact) mass is 320 g/mol. The molecule has 0 radical (unpaired) electrons. The molecule has 1 aromatic rings. The van der Waals surface area contributed by atoms with Crippen LogP contribution in [0.4, 0.5) is 11.4 Å². The van der Waals surface area contributed by atoms with E-state index in [0.29, 0.717) is 12.3 Å². The molecular weight excluding hydrogens is 296 g/mol. The van der Waals surface area contributed by atoms with Gasteiger partial charge in [-0.1, -0.05) is 12.1 Å². The molecule has 0 bridgehead atoms. The molecule has 2 saturated heterocycles. The zero-order chi connectivity index (χ0) is 16.1. The molecule has 1 atom stereocenters. The first-order chi connectivity index (χ1) is 11.2. The molecular formula is C17H24N2O4. The quantitative estimate of drug-likeness (QED) is 0.616. The molecule has 3 rings (SSSR count). The van der Waals surface area contributed by atoms with E-state index in [-0.39, 0.29) is 22.8 Å². The van der Waals surface area contributed by atoms with E-state index in [1.807, 2.05) is 12.1 Å². The zero-order valence-electron chi connectivity index (χ0n) is 13.4. The lowest BCUT2D eigenvalue weighted by atomic mass is 10.1. The summed E-state index contributed by atoms with van der Waals surface area (Å²) in [5.74, 6) is 0. The Morgan fingerprint density at radius 3 is 2.70 bits per heavy atom. The largest absolute Gasteiger partial charge is 0.376 e. The highest BCUT2D eigenvalue weighted by molar-refractivity contribution is 5.63. The second-order valence-corrected chi connectivity index (χ2v) is 6.25. The van der Waals surface area contributed by atoms with Gasteiger partial charge in [0.25, 0.3) is 5.69 Å². The first-order valence-electron chi connectivity index (χ1n) is 8.45. The molecule has 2 heterocycles. The molecule has 0 amide bonds. The summed E-state index contributed by atoms with van der Waals surface area (Å²) in [6.07, 6.45) is 5.76. The third-order valence-electron chi connectivity index (χ3n) is 4.65. The van der Waals surface area contributed by atoms with Gasteiger partial charge in [-0.25, -0.2) is 0 Å². The maximum Gasteiger partial charge on any atom is 0.292 e. The topological polar surface area (TPSA) is 64.8 Å². The van der Waals surface area contributed by atoms with Crippen LogP contribution in [0.1, 0.15) is 32.1 Å². The van der Waals surface area contributed by atoms with Crippen molar-refractivity contribution >= 4 is 11.4 Å². The lowest BCUT2D eigenvalue weighted by Gasteiger charge is -2.34. The lowest BCUT2D eigenvalue weighted by Crippen LogP contribution is -2.38. The molecule has 0 spiro atoms. The molecule has 0 saturated carbocycles. The number of ether oxygens (including phenoxy) is 2. The van der Waals surface area contributed by atoms with E-state index in [2.05, 4.69) is 4.90 Å². The van der Waals surface area contributed by atoms with Crippen LogP contribution < -0.4 is 4.90 Å². The van der Waals surface area contributed by atoms with Gasteiger partial charge in [0.2, 0.25) is 0 Å². The number of rotatable bonds is 5. The Kier molecular flexibility index (Phi) is 5.46. The summed E-state index contributed by atoms with van der Waals surface area (Å²) in [4.78, 5) is 12.9. The van der Waals surface area contributed by atoms with E-state index in [1.165, 1.54) is 6.42 Å². The average Bonchev–Trinajstić information content (AvgIpc) is 2.61. The summed E-state index contributed by atoms with van der Waals surface area (Å²) in [6, 6.07) is 6.96. The van der Waals surface area contributed by atoms with Gasteiger partial charge in [0.05, 0.1) is 23.7 Å². The van der Waals surface area contributed by atoms with Gasteiger partial charge < -0.3 is 14.4 Å². The van der Waals surface area contributed by atoms with Crippen LogP contribution >= 0.6 is 0 Å². The Bertz CT molecular complexity index is 523. The summed E-state index contributed by atoms with van der Waals surface area (Å²) in [5.41, 5.74) is 0.897. The normalized spacial score (nSPS) is 23.0. The highest BCUT2D eigenvalue weighted by Gasteiger charge is 2.25. The first kappa shape index (κ1) is 16.2. The van der Waals surface area contributed by atoms with E-state index in [1.54, 1.807) is 12.1 Å². The van der Waals surface area contributed by atoms with Crippen molar-refractivity contribution in [2.75, 3.05) is 31.2 Å². The minimum absolute atomic E-state index is 0.183. The molecule has 2 aliphatic rings. The number of nitrogens with zero attached hydrogens (tertiary/aromatic N) is 2. The Morgan fingerprint density at radius 2 is 2.00 bits per heavy atom. The number of nitro groups is 1. The van der Waals surface area contributed by atoms with E-state index in [0.717, 1.165) is 45.4 Å². The smallest absolute Gasteiger partial charge is 0.292 e. The van der Waals surface area contributed by atoms with E-state index >= 15 is 0 Å². The van der Waals surface area contributed by atoms with Gasteiger partial charge in [-0.2, -0.15) is 0 Å². The molecule has 2 fully saturated rings. The van der Waals surface area contributed by atoms with Crippen molar-refractivity contribution in [3.63, 3.8) is 0 Å². The van der Waals surface area contributed by atoms with Crippen LogP contribution in [-0.4, -0.2) is 43.4 Å². The number of nitro benzene ring substituents is 1. The molecule has 6 heteroatoms. The van der Waals surface area contributed by atoms with Crippen LogP contribution in [0, 0.1) is 10.1 Å². The van der Waals surface area contributed by atoms with Crippen LogP contribution in [0.5, 0.6) is 0 Å². The molecule has 6 nitrogen and oxygen atoms in total. The van der Waals surface area contributed by atoms with Gasteiger partial charge >= 0.3 is 0 Å². The van der Waals surface area contributed by atoms with Gasteiger partial charge in [0.1, 0.15) is 5.69 Å². The van der Waals surface area contributed by atoms with Crippen LogP contribution in [0.25, 0.3) is 0 Å². The zero-order valence-corrected chi connectivity index (χ0v) is 13.4.